The molecule has 0 atom stereocenters. The van der Waals surface area contributed by atoms with E-state index < -0.39 is 10.0 Å². The third-order valence-electron chi connectivity index (χ3n) is 4.83. The Morgan fingerprint density at radius 1 is 0.871 bits per heavy atom. The van der Waals surface area contributed by atoms with E-state index >= 15 is 0 Å². The second kappa shape index (κ2) is 9.32. The molecule has 0 spiro atoms. The van der Waals surface area contributed by atoms with Gasteiger partial charge in [0.15, 0.2) is 11.6 Å². The number of benzene rings is 2. The van der Waals surface area contributed by atoms with Crippen LogP contribution in [0, 0.1) is 13.8 Å². The van der Waals surface area contributed by atoms with Crippen molar-refractivity contribution in [2.45, 2.75) is 32.6 Å². The minimum atomic E-state index is -3.50. The molecule has 0 saturated heterocycles. The van der Waals surface area contributed by atoms with Gasteiger partial charge in [-0.1, -0.05) is 19.9 Å². The van der Waals surface area contributed by atoms with Crippen LogP contribution in [0.2, 0.25) is 0 Å². The molecule has 0 aliphatic rings. The van der Waals surface area contributed by atoms with Crippen molar-refractivity contribution in [1.82, 2.24) is 14.3 Å². The second-order valence-corrected chi connectivity index (χ2v) is 9.16. The zero-order chi connectivity index (χ0) is 22.6. The first-order valence-electron chi connectivity index (χ1n) is 10.1. The van der Waals surface area contributed by atoms with Gasteiger partial charge < -0.3 is 16.4 Å². The number of hydrogen-bond acceptors (Lipinski definition) is 7. The van der Waals surface area contributed by atoms with Crippen LogP contribution in [-0.4, -0.2) is 35.8 Å². The van der Waals surface area contributed by atoms with Crippen molar-refractivity contribution in [2.75, 3.05) is 29.5 Å². The van der Waals surface area contributed by atoms with E-state index in [0.717, 1.165) is 16.8 Å². The van der Waals surface area contributed by atoms with Gasteiger partial charge in [0.25, 0.3) is 0 Å². The summed E-state index contributed by atoms with van der Waals surface area (Å²) in [6.07, 6.45) is 1.42. The van der Waals surface area contributed by atoms with Crippen LogP contribution in [0.25, 0.3) is 0 Å². The van der Waals surface area contributed by atoms with Crippen molar-refractivity contribution in [3.63, 3.8) is 0 Å². The lowest BCUT2D eigenvalue weighted by Crippen LogP contribution is -2.30. The number of sulfonamides is 1. The summed E-state index contributed by atoms with van der Waals surface area (Å²) in [6.45, 7) is 8.54. The summed E-state index contributed by atoms with van der Waals surface area (Å²) in [5.41, 5.74) is 10.5. The van der Waals surface area contributed by atoms with E-state index in [0.29, 0.717) is 36.1 Å². The largest absolute Gasteiger partial charge is 0.393 e. The maximum absolute atomic E-state index is 12.6. The van der Waals surface area contributed by atoms with Crippen LogP contribution in [-0.2, 0) is 10.0 Å². The molecule has 0 aliphatic heterocycles. The number of rotatable bonds is 8. The predicted molar refractivity (Wildman–Crippen MR) is 125 cm³/mol. The van der Waals surface area contributed by atoms with Crippen molar-refractivity contribution in [3.05, 3.63) is 59.9 Å². The summed E-state index contributed by atoms with van der Waals surface area (Å²) in [7, 11) is -3.50. The van der Waals surface area contributed by atoms with Gasteiger partial charge in [-0.3, -0.25) is 0 Å². The highest BCUT2D eigenvalue weighted by Gasteiger charge is 2.21. The monoisotopic (exact) mass is 440 g/mol. The molecule has 1 aromatic heterocycles. The lowest BCUT2D eigenvalue weighted by atomic mass is 10.1. The Morgan fingerprint density at radius 3 is 1.90 bits per heavy atom. The third kappa shape index (κ3) is 5.12. The van der Waals surface area contributed by atoms with Crippen molar-refractivity contribution in [2.24, 2.45) is 0 Å². The molecule has 0 fully saturated rings. The molecule has 8 nitrogen and oxygen atoms in total. The normalized spacial score (nSPS) is 11.5. The Labute approximate surface area is 183 Å². The number of aryl methyl sites for hydroxylation is 2. The first kappa shape index (κ1) is 22.5. The summed E-state index contributed by atoms with van der Waals surface area (Å²) >= 11 is 0. The maximum atomic E-state index is 12.6. The van der Waals surface area contributed by atoms with Crippen molar-refractivity contribution >= 4 is 38.7 Å². The predicted octanol–water partition coefficient (Wildman–Crippen LogP) is 4.19. The standard InChI is InChI=1S/C22H28N6O2S/c1-5-28(6-2)31(29,30)19-9-7-17(8-10-19)26-21-20(23)22(25-14-24-21)27-18-12-15(3)11-16(4)13-18/h7-14H,5-6,23H2,1-4H3,(H2,24,25,26,27). The minimum absolute atomic E-state index is 0.245. The molecule has 3 aromatic rings. The highest BCUT2D eigenvalue weighted by atomic mass is 32.2. The number of nitrogens with two attached hydrogens (primary N) is 1. The topological polar surface area (TPSA) is 113 Å². The van der Waals surface area contributed by atoms with Gasteiger partial charge in [-0.05, 0) is 61.4 Å². The molecule has 0 aliphatic carbocycles. The van der Waals surface area contributed by atoms with E-state index in [9.17, 15) is 8.42 Å². The van der Waals surface area contributed by atoms with E-state index in [1.54, 1.807) is 24.3 Å². The van der Waals surface area contributed by atoms with Gasteiger partial charge in [0.05, 0.1) is 4.90 Å². The zero-order valence-corrected chi connectivity index (χ0v) is 19.0. The first-order valence-corrected chi connectivity index (χ1v) is 11.5. The summed E-state index contributed by atoms with van der Waals surface area (Å²) in [5, 5.41) is 6.37. The van der Waals surface area contributed by atoms with Crippen molar-refractivity contribution in [3.8, 4) is 0 Å². The molecule has 0 bridgehead atoms. The fraction of sp³-hybridized carbons (Fsp3) is 0.273. The molecule has 1 heterocycles. The van der Waals surface area contributed by atoms with Gasteiger partial charge >= 0.3 is 0 Å². The zero-order valence-electron chi connectivity index (χ0n) is 18.2. The van der Waals surface area contributed by atoms with E-state index in [2.05, 4.69) is 26.7 Å². The van der Waals surface area contributed by atoms with Gasteiger partial charge in [-0.25, -0.2) is 18.4 Å². The fourth-order valence-electron chi connectivity index (χ4n) is 3.34. The molecule has 31 heavy (non-hydrogen) atoms. The third-order valence-corrected chi connectivity index (χ3v) is 6.89. The van der Waals surface area contributed by atoms with E-state index in [1.165, 1.54) is 10.6 Å². The van der Waals surface area contributed by atoms with E-state index in [-0.39, 0.29) is 4.90 Å². The molecule has 164 valence electrons. The van der Waals surface area contributed by atoms with Crippen molar-refractivity contribution in [1.29, 1.82) is 0 Å². The Kier molecular flexibility index (Phi) is 6.77. The molecular weight excluding hydrogens is 412 g/mol. The molecule has 9 heteroatoms. The molecular formula is C22H28N6O2S. The van der Waals surface area contributed by atoms with Crippen LogP contribution in [0.1, 0.15) is 25.0 Å². The average molecular weight is 441 g/mol. The van der Waals surface area contributed by atoms with E-state index in [1.807, 2.05) is 39.8 Å². The molecule has 4 N–H and O–H groups in total. The highest BCUT2D eigenvalue weighted by Crippen LogP contribution is 2.29. The Hall–Kier alpha value is -3.17. The summed E-state index contributed by atoms with van der Waals surface area (Å²) < 4.78 is 26.7. The Bertz CT molecular complexity index is 1140. The lowest BCUT2D eigenvalue weighted by Gasteiger charge is -2.18. The van der Waals surface area contributed by atoms with Crippen molar-refractivity contribution < 1.29 is 8.42 Å². The van der Waals surface area contributed by atoms with Gasteiger partial charge in [0.1, 0.15) is 12.0 Å². The average Bonchev–Trinajstić information content (AvgIpc) is 2.71. The van der Waals surface area contributed by atoms with Gasteiger partial charge in [-0.2, -0.15) is 4.31 Å². The molecule has 2 aromatic carbocycles. The molecule has 0 amide bonds. The SMILES string of the molecule is CCN(CC)S(=O)(=O)c1ccc(Nc2ncnc(Nc3cc(C)cc(C)c3)c2N)cc1. The summed E-state index contributed by atoms with van der Waals surface area (Å²) in [5.74, 6) is 0.921. The van der Waals surface area contributed by atoms with Crippen LogP contribution in [0.3, 0.4) is 0 Å². The van der Waals surface area contributed by atoms with Gasteiger partial charge in [0, 0.05) is 24.5 Å². The quantitative estimate of drug-likeness (QED) is 0.481. The van der Waals surface area contributed by atoms with Crippen LogP contribution < -0.4 is 16.4 Å². The van der Waals surface area contributed by atoms with Crippen LogP contribution in [0.4, 0.5) is 28.7 Å². The number of nitrogen functional groups attached to an aromatic ring is 1. The number of hydrogen-bond donors (Lipinski definition) is 3. The smallest absolute Gasteiger partial charge is 0.243 e. The summed E-state index contributed by atoms with van der Waals surface area (Å²) in [4.78, 5) is 8.72. The summed E-state index contributed by atoms with van der Waals surface area (Å²) in [6, 6.07) is 12.6. The number of nitrogens with zero attached hydrogens (tertiary/aromatic N) is 3. The highest BCUT2D eigenvalue weighted by molar-refractivity contribution is 7.89. The minimum Gasteiger partial charge on any atom is -0.393 e. The molecule has 3 rings (SSSR count). The van der Waals surface area contributed by atoms with Gasteiger partial charge in [-0.15, -0.1) is 0 Å². The Balaban J connectivity index is 1.81. The fourth-order valence-corrected chi connectivity index (χ4v) is 4.80. The maximum Gasteiger partial charge on any atom is 0.243 e. The number of aromatic nitrogens is 2. The number of nitrogens with one attached hydrogen (secondary N) is 2. The lowest BCUT2D eigenvalue weighted by molar-refractivity contribution is 0.445. The second-order valence-electron chi connectivity index (χ2n) is 7.22. The molecule has 0 saturated carbocycles. The first-order chi connectivity index (χ1) is 14.7. The Morgan fingerprint density at radius 2 is 1.39 bits per heavy atom. The van der Waals surface area contributed by atoms with Crippen LogP contribution in [0.15, 0.2) is 53.7 Å². The molecule has 0 radical (unpaired) electrons. The van der Waals surface area contributed by atoms with Gasteiger partial charge in [0.2, 0.25) is 10.0 Å². The molecule has 0 unspecified atom stereocenters. The number of anilines is 5. The van der Waals surface area contributed by atoms with Crippen LogP contribution >= 0.6 is 0 Å². The van der Waals surface area contributed by atoms with E-state index in [4.69, 9.17) is 5.73 Å². The van der Waals surface area contributed by atoms with Crippen LogP contribution in [0.5, 0.6) is 0 Å².